The van der Waals surface area contributed by atoms with Crippen LogP contribution in [0.3, 0.4) is 0 Å². The Morgan fingerprint density at radius 2 is 2.14 bits per heavy atom. The lowest BCUT2D eigenvalue weighted by atomic mass is 10.0. The molecule has 1 N–H and O–H groups in total. The molecule has 0 amide bonds. The van der Waals surface area contributed by atoms with Crippen molar-refractivity contribution in [1.29, 1.82) is 0 Å². The second-order valence-corrected chi connectivity index (χ2v) is 6.32. The highest BCUT2D eigenvalue weighted by molar-refractivity contribution is 7.98. The Bertz CT molecular complexity index is 590. The van der Waals surface area contributed by atoms with E-state index in [1.165, 1.54) is 0 Å². The van der Waals surface area contributed by atoms with Gasteiger partial charge in [0.05, 0.1) is 24.9 Å². The zero-order valence-corrected chi connectivity index (χ0v) is 13.2. The third-order valence-corrected chi connectivity index (χ3v) is 4.69. The largest absolute Gasteiger partial charge is 0.379 e. The zero-order valence-electron chi connectivity index (χ0n) is 11.6. The van der Waals surface area contributed by atoms with Gasteiger partial charge in [0.15, 0.2) is 5.82 Å². The van der Waals surface area contributed by atoms with Gasteiger partial charge in [-0.3, -0.25) is 0 Å². The number of hydrogen-bond acceptors (Lipinski definition) is 6. The fraction of sp³-hybridized carbons (Fsp3) is 0.429. The predicted molar refractivity (Wildman–Crippen MR) is 81.7 cm³/mol. The summed E-state index contributed by atoms with van der Waals surface area (Å²) in [4.78, 5) is 5.61. The van der Waals surface area contributed by atoms with Gasteiger partial charge < -0.3 is 14.6 Å². The van der Waals surface area contributed by atoms with Crippen LogP contribution in [0.1, 0.15) is 17.6 Å². The summed E-state index contributed by atoms with van der Waals surface area (Å²) < 4.78 is 10.8. The lowest BCUT2D eigenvalue weighted by Crippen LogP contribution is -2.31. The molecule has 2 atom stereocenters. The summed E-state index contributed by atoms with van der Waals surface area (Å²) in [5.74, 6) is 2.16. The average molecular weight is 326 g/mol. The molecule has 1 aromatic carbocycles. The minimum atomic E-state index is 0.136. The zero-order chi connectivity index (χ0) is 14.7. The number of nitrogens with one attached hydrogen (secondary N) is 1. The van der Waals surface area contributed by atoms with Crippen molar-refractivity contribution in [2.45, 2.75) is 22.6 Å². The molecule has 0 saturated carbocycles. The standard InChI is InChI=1S/C14H16ClN3O2S/c1-16-12-7-19-6-11(12)14-17-13(18-20-14)8-21-10-4-2-9(15)3-5-10/h2-5,11-12,16H,6-8H2,1H3. The van der Waals surface area contributed by atoms with Gasteiger partial charge in [0.25, 0.3) is 0 Å². The number of nitrogens with zero attached hydrogens (tertiary/aromatic N) is 2. The topological polar surface area (TPSA) is 60.2 Å². The van der Waals surface area contributed by atoms with Crippen LogP contribution >= 0.6 is 23.4 Å². The van der Waals surface area contributed by atoms with Crippen LogP contribution in [0, 0.1) is 0 Å². The van der Waals surface area contributed by atoms with E-state index in [1.807, 2.05) is 31.3 Å². The molecule has 0 spiro atoms. The summed E-state index contributed by atoms with van der Waals surface area (Å²) in [6, 6.07) is 7.95. The molecule has 2 heterocycles. The van der Waals surface area contributed by atoms with Crippen LogP contribution in [-0.4, -0.2) is 36.4 Å². The van der Waals surface area contributed by atoms with Crippen LogP contribution in [0.2, 0.25) is 5.02 Å². The second-order valence-electron chi connectivity index (χ2n) is 4.83. The van der Waals surface area contributed by atoms with Crippen molar-refractivity contribution in [3.63, 3.8) is 0 Å². The molecule has 0 radical (unpaired) electrons. The van der Waals surface area contributed by atoms with Gasteiger partial charge in [-0.25, -0.2) is 0 Å². The molecule has 2 unspecified atom stereocenters. The summed E-state index contributed by atoms with van der Waals surface area (Å²) in [5, 5.41) is 8.00. The van der Waals surface area contributed by atoms with E-state index in [2.05, 4.69) is 15.5 Å². The summed E-state index contributed by atoms with van der Waals surface area (Å²) in [6.45, 7) is 1.30. The number of aromatic nitrogens is 2. The van der Waals surface area contributed by atoms with Crippen molar-refractivity contribution in [3.8, 4) is 0 Å². The van der Waals surface area contributed by atoms with E-state index >= 15 is 0 Å². The van der Waals surface area contributed by atoms with E-state index in [9.17, 15) is 0 Å². The minimum absolute atomic E-state index is 0.136. The van der Waals surface area contributed by atoms with Crippen LogP contribution in [-0.2, 0) is 10.5 Å². The maximum atomic E-state index is 5.87. The molecule has 0 bridgehead atoms. The predicted octanol–water partition coefficient (Wildman–Crippen LogP) is 2.72. The Morgan fingerprint density at radius 3 is 2.90 bits per heavy atom. The summed E-state index contributed by atoms with van der Waals surface area (Å²) in [6.07, 6.45) is 0. The van der Waals surface area contributed by atoms with Crippen LogP contribution in [0.15, 0.2) is 33.7 Å². The number of benzene rings is 1. The van der Waals surface area contributed by atoms with E-state index in [4.69, 9.17) is 20.9 Å². The number of hydrogen-bond donors (Lipinski definition) is 1. The smallest absolute Gasteiger partial charge is 0.233 e. The van der Waals surface area contributed by atoms with Crippen molar-refractivity contribution in [1.82, 2.24) is 15.5 Å². The highest BCUT2D eigenvalue weighted by atomic mass is 35.5. The van der Waals surface area contributed by atoms with Gasteiger partial charge >= 0.3 is 0 Å². The van der Waals surface area contributed by atoms with E-state index in [0.29, 0.717) is 30.7 Å². The van der Waals surface area contributed by atoms with Gasteiger partial charge in [-0.05, 0) is 31.3 Å². The first-order chi connectivity index (χ1) is 10.3. The third-order valence-electron chi connectivity index (χ3n) is 3.43. The maximum Gasteiger partial charge on any atom is 0.233 e. The molecule has 3 rings (SSSR count). The van der Waals surface area contributed by atoms with E-state index < -0.39 is 0 Å². The fourth-order valence-corrected chi connectivity index (χ4v) is 3.11. The van der Waals surface area contributed by atoms with Gasteiger partial charge in [0, 0.05) is 16.0 Å². The molecule has 1 fully saturated rings. The average Bonchev–Trinajstić information content (AvgIpc) is 3.15. The molecular formula is C14H16ClN3O2S. The highest BCUT2D eigenvalue weighted by Gasteiger charge is 2.32. The summed E-state index contributed by atoms with van der Waals surface area (Å²) in [7, 11) is 1.92. The molecule has 1 aliphatic rings. The van der Waals surface area contributed by atoms with Crippen molar-refractivity contribution < 1.29 is 9.26 Å². The third kappa shape index (κ3) is 3.58. The first-order valence-electron chi connectivity index (χ1n) is 6.72. The Morgan fingerprint density at radius 1 is 1.33 bits per heavy atom. The van der Waals surface area contributed by atoms with Crippen molar-refractivity contribution in [2.24, 2.45) is 0 Å². The van der Waals surface area contributed by atoms with E-state index in [1.54, 1.807) is 11.8 Å². The van der Waals surface area contributed by atoms with Gasteiger partial charge in [-0.2, -0.15) is 4.98 Å². The van der Waals surface area contributed by atoms with Gasteiger partial charge in [0.1, 0.15) is 0 Å². The van der Waals surface area contributed by atoms with Crippen molar-refractivity contribution >= 4 is 23.4 Å². The molecule has 1 aliphatic heterocycles. The molecule has 1 saturated heterocycles. The number of rotatable bonds is 5. The van der Waals surface area contributed by atoms with E-state index in [-0.39, 0.29) is 12.0 Å². The number of likely N-dealkylation sites (N-methyl/N-ethyl adjacent to an activating group) is 1. The van der Waals surface area contributed by atoms with Gasteiger partial charge in [0.2, 0.25) is 5.89 Å². The Kier molecular flexibility index (Phi) is 4.80. The highest BCUT2D eigenvalue weighted by Crippen LogP contribution is 2.26. The Hall–Kier alpha value is -1.08. The van der Waals surface area contributed by atoms with E-state index in [0.717, 1.165) is 9.92 Å². The molecular weight excluding hydrogens is 310 g/mol. The van der Waals surface area contributed by atoms with Crippen molar-refractivity contribution in [2.75, 3.05) is 20.3 Å². The second kappa shape index (κ2) is 6.79. The number of ether oxygens (including phenoxy) is 1. The molecule has 0 aliphatic carbocycles. The molecule has 112 valence electrons. The first kappa shape index (κ1) is 14.8. The quantitative estimate of drug-likeness (QED) is 0.853. The molecule has 2 aromatic rings. The molecule has 21 heavy (non-hydrogen) atoms. The van der Waals surface area contributed by atoms with Crippen LogP contribution in [0.4, 0.5) is 0 Å². The lowest BCUT2D eigenvalue weighted by molar-refractivity contribution is 0.185. The molecule has 5 nitrogen and oxygen atoms in total. The van der Waals surface area contributed by atoms with Crippen LogP contribution in [0.25, 0.3) is 0 Å². The van der Waals surface area contributed by atoms with Crippen LogP contribution in [0.5, 0.6) is 0 Å². The van der Waals surface area contributed by atoms with Crippen LogP contribution < -0.4 is 5.32 Å². The molecule has 7 heteroatoms. The minimum Gasteiger partial charge on any atom is -0.379 e. The lowest BCUT2D eigenvalue weighted by Gasteiger charge is -2.11. The SMILES string of the molecule is CNC1COCC1c1nc(CSc2ccc(Cl)cc2)no1. The van der Waals surface area contributed by atoms with Crippen molar-refractivity contribution in [3.05, 3.63) is 41.0 Å². The number of halogens is 1. The fourth-order valence-electron chi connectivity index (χ4n) is 2.24. The maximum absolute atomic E-state index is 5.87. The van der Waals surface area contributed by atoms with Gasteiger partial charge in [-0.15, -0.1) is 11.8 Å². The van der Waals surface area contributed by atoms with Gasteiger partial charge in [-0.1, -0.05) is 16.8 Å². The first-order valence-corrected chi connectivity index (χ1v) is 8.08. The molecule has 1 aromatic heterocycles. The monoisotopic (exact) mass is 325 g/mol. The Balaban J connectivity index is 1.61. The Labute approximate surface area is 132 Å². The number of thioether (sulfide) groups is 1. The summed E-state index contributed by atoms with van der Waals surface area (Å²) >= 11 is 7.52. The summed E-state index contributed by atoms with van der Waals surface area (Å²) in [5.41, 5.74) is 0. The normalized spacial score (nSPS) is 21.8.